The van der Waals surface area contributed by atoms with Crippen molar-refractivity contribution in [2.45, 2.75) is 16.6 Å². The Morgan fingerprint density at radius 2 is 2.08 bits per heavy atom. The zero-order valence-electron chi connectivity index (χ0n) is 13.3. The number of amides is 1. The van der Waals surface area contributed by atoms with Gasteiger partial charge in [0, 0.05) is 23.4 Å². The van der Waals surface area contributed by atoms with E-state index < -0.39 is 19.9 Å². The van der Waals surface area contributed by atoms with E-state index in [0.29, 0.717) is 11.4 Å². The Morgan fingerprint density at radius 3 is 2.72 bits per heavy atom. The molecule has 1 fully saturated rings. The van der Waals surface area contributed by atoms with Crippen molar-refractivity contribution >= 4 is 49.1 Å². The van der Waals surface area contributed by atoms with Crippen LogP contribution < -0.4 is 10.0 Å². The molecule has 1 atom stereocenters. The molecule has 1 aliphatic heterocycles. The molecule has 140 valence electrons. The van der Waals surface area contributed by atoms with Crippen LogP contribution in [0.25, 0.3) is 0 Å². The van der Waals surface area contributed by atoms with Crippen LogP contribution in [0, 0.1) is 0 Å². The number of halogens is 1. The standard InChI is InChI=1S/C14H19ClN2O5S3/c15-11-2-1-3-13(8-11)25(21,22)17-6-5-16-14(18)9-23-12-4-7-24(19,20)10-12/h1-3,8,12,17H,4-7,9-10H2,(H,16,18). The molecule has 7 nitrogen and oxygen atoms in total. The molecule has 1 saturated heterocycles. The minimum atomic E-state index is -3.68. The van der Waals surface area contributed by atoms with Crippen molar-refractivity contribution in [1.29, 1.82) is 0 Å². The fourth-order valence-corrected chi connectivity index (χ4v) is 7.05. The van der Waals surface area contributed by atoms with Gasteiger partial charge in [0.05, 0.1) is 22.2 Å². The molecular formula is C14H19ClN2O5S3. The molecule has 0 saturated carbocycles. The van der Waals surface area contributed by atoms with Crippen molar-refractivity contribution in [3.8, 4) is 0 Å². The van der Waals surface area contributed by atoms with Crippen molar-refractivity contribution in [2.75, 3.05) is 30.3 Å². The molecule has 25 heavy (non-hydrogen) atoms. The van der Waals surface area contributed by atoms with Crippen LogP contribution in [-0.4, -0.2) is 58.3 Å². The minimum absolute atomic E-state index is 0.0444. The summed E-state index contributed by atoms with van der Waals surface area (Å²) in [5.41, 5.74) is 0. The van der Waals surface area contributed by atoms with Crippen molar-refractivity contribution in [3.63, 3.8) is 0 Å². The number of carbonyl (C=O) groups is 1. The van der Waals surface area contributed by atoms with Gasteiger partial charge in [-0.05, 0) is 24.6 Å². The predicted octanol–water partition coefficient (Wildman–Crippen LogP) is 0.655. The highest BCUT2D eigenvalue weighted by Gasteiger charge is 2.28. The molecule has 1 aromatic rings. The second-order valence-electron chi connectivity index (χ2n) is 5.54. The molecule has 1 unspecified atom stereocenters. The molecule has 2 rings (SSSR count). The highest BCUT2D eigenvalue weighted by atomic mass is 35.5. The molecule has 1 aliphatic rings. The number of sulfone groups is 1. The van der Waals surface area contributed by atoms with Gasteiger partial charge in [-0.25, -0.2) is 21.6 Å². The first-order chi connectivity index (χ1) is 11.7. The molecule has 0 spiro atoms. The molecule has 1 aromatic carbocycles. The Bertz CT molecular complexity index is 827. The van der Waals surface area contributed by atoms with Gasteiger partial charge >= 0.3 is 0 Å². The molecule has 0 aromatic heterocycles. The molecule has 0 aliphatic carbocycles. The molecule has 0 bridgehead atoms. The number of nitrogens with one attached hydrogen (secondary N) is 2. The lowest BCUT2D eigenvalue weighted by Crippen LogP contribution is -2.35. The first-order valence-corrected chi connectivity index (χ1v) is 12.2. The van der Waals surface area contributed by atoms with Crippen LogP contribution in [0.4, 0.5) is 0 Å². The summed E-state index contributed by atoms with van der Waals surface area (Å²) < 4.78 is 49.2. The maximum Gasteiger partial charge on any atom is 0.240 e. The van der Waals surface area contributed by atoms with Crippen molar-refractivity contribution in [2.24, 2.45) is 0 Å². The van der Waals surface area contributed by atoms with Gasteiger partial charge in [0.2, 0.25) is 15.9 Å². The summed E-state index contributed by atoms with van der Waals surface area (Å²) in [5, 5.41) is 2.88. The van der Waals surface area contributed by atoms with E-state index in [2.05, 4.69) is 10.0 Å². The third-order valence-corrected chi connectivity index (χ3v) is 8.46. The quantitative estimate of drug-likeness (QED) is 0.591. The van der Waals surface area contributed by atoms with Crippen LogP contribution in [0.2, 0.25) is 5.02 Å². The monoisotopic (exact) mass is 426 g/mol. The summed E-state index contributed by atoms with van der Waals surface area (Å²) >= 11 is 7.08. The van der Waals surface area contributed by atoms with Crippen molar-refractivity contribution in [3.05, 3.63) is 29.3 Å². The molecular weight excluding hydrogens is 408 g/mol. The van der Waals surface area contributed by atoms with E-state index in [4.69, 9.17) is 11.6 Å². The van der Waals surface area contributed by atoms with Crippen LogP contribution in [-0.2, 0) is 24.7 Å². The van der Waals surface area contributed by atoms with Crippen molar-refractivity contribution in [1.82, 2.24) is 10.0 Å². The van der Waals surface area contributed by atoms with Crippen LogP contribution in [0.15, 0.2) is 29.2 Å². The summed E-state index contributed by atoms with van der Waals surface area (Å²) in [6, 6.07) is 5.89. The average molecular weight is 427 g/mol. The van der Waals surface area contributed by atoms with E-state index in [9.17, 15) is 21.6 Å². The second-order valence-corrected chi connectivity index (χ2v) is 11.3. The van der Waals surface area contributed by atoms with Gasteiger partial charge in [0.25, 0.3) is 0 Å². The zero-order valence-corrected chi connectivity index (χ0v) is 16.5. The van der Waals surface area contributed by atoms with E-state index in [0.717, 1.165) is 0 Å². The minimum Gasteiger partial charge on any atom is -0.354 e. The maximum absolute atomic E-state index is 12.0. The molecule has 2 N–H and O–H groups in total. The van der Waals surface area contributed by atoms with E-state index >= 15 is 0 Å². The fourth-order valence-electron chi connectivity index (χ4n) is 2.24. The summed E-state index contributed by atoms with van der Waals surface area (Å²) in [6.07, 6.45) is 0.569. The number of rotatable bonds is 8. The Morgan fingerprint density at radius 1 is 1.32 bits per heavy atom. The predicted molar refractivity (Wildman–Crippen MR) is 99.2 cm³/mol. The maximum atomic E-state index is 12.0. The second kappa shape index (κ2) is 8.72. The Labute approximate surface area is 156 Å². The van der Waals surface area contributed by atoms with Gasteiger partial charge in [0.15, 0.2) is 9.84 Å². The summed E-state index contributed by atoms with van der Waals surface area (Å²) in [4.78, 5) is 11.8. The number of thioether (sulfide) groups is 1. The van der Waals surface area contributed by atoms with Crippen LogP contribution in [0.1, 0.15) is 6.42 Å². The average Bonchev–Trinajstić information content (AvgIpc) is 2.89. The zero-order chi connectivity index (χ0) is 18.5. The van der Waals surface area contributed by atoms with Gasteiger partial charge < -0.3 is 5.32 Å². The Hall–Kier alpha value is -0.810. The third kappa shape index (κ3) is 6.78. The summed E-state index contributed by atoms with van der Waals surface area (Å²) in [5.74, 6) is 0.194. The van der Waals surface area contributed by atoms with Gasteiger partial charge in [-0.1, -0.05) is 17.7 Å². The van der Waals surface area contributed by atoms with Gasteiger partial charge in [-0.15, -0.1) is 11.8 Å². The summed E-state index contributed by atoms with van der Waals surface area (Å²) in [7, 11) is -6.63. The SMILES string of the molecule is O=C(CSC1CCS(=O)(=O)C1)NCCNS(=O)(=O)c1cccc(Cl)c1. The number of sulfonamides is 1. The largest absolute Gasteiger partial charge is 0.354 e. The molecule has 1 amide bonds. The number of benzene rings is 1. The van der Waals surface area contributed by atoms with E-state index in [1.54, 1.807) is 12.1 Å². The lowest BCUT2D eigenvalue weighted by molar-refractivity contribution is -0.118. The Kier molecular flexibility index (Phi) is 7.15. The fraction of sp³-hybridized carbons (Fsp3) is 0.500. The van der Waals surface area contributed by atoms with E-state index in [1.165, 1.54) is 23.9 Å². The van der Waals surface area contributed by atoms with E-state index in [-0.39, 0.29) is 46.4 Å². The first kappa shape index (κ1) is 20.5. The van der Waals surface area contributed by atoms with Crippen LogP contribution in [0.5, 0.6) is 0 Å². The number of hydrogen-bond acceptors (Lipinski definition) is 6. The summed E-state index contributed by atoms with van der Waals surface area (Å²) in [6.45, 7) is 0.186. The highest BCUT2D eigenvalue weighted by Crippen LogP contribution is 2.23. The van der Waals surface area contributed by atoms with Crippen LogP contribution >= 0.6 is 23.4 Å². The number of carbonyl (C=O) groups excluding carboxylic acids is 1. The molecule has 0 radical (unpaired) electrons. The molecule has 1 heterocycles. The van der Waals surface area contributed by atoms with Gasteiger partial charge in [0.1, 0.15) is 0 Å². The lowest BCUT2D eigenvalue weighted by atomic mass is 10.4. The normalized spacial score (nSPS) is 19.6. The van der Waals surface area contributed by atoms with E-state index in [1.807, 2.05) is 0 Å². The Balaban J connectivity index is 1.68. The first-order valence-electron chi connectivity index (χ1n) is 7.52. The van der Waals surface area contributed by atoms with Gasteiger partial charge in [-0.2, -0.15) is 0 Å². The topological polar surface area (TPSA) is 109 Å². The smallest absolute Gasteiger partial charge is 0.240 e. The lowest BCUT2D eigenvalue weighted by Gasteiger charge is -2.09. The third-order valence-electron chi connectivity index (χ3n) is 3.49. The van der Waals surface area contributed by atoms with Crippen molar-refractivity contribution < 1.29 is 21.6 Å². The highest BCUT2D eigenvalue weighted by molar-refractivity contribution is 8.02. The molecule has 11 heteroatoms. The number of hydrogen-bond donors (Lipinski definition) is 2. The van der Waals surface area contributed by atoms with Crippen LogP contribution in [0.3, 0.4) is 0 Å². The van der Waals surface area contributed by atoms with Gasteiger partial charge in [-0.3, -0.25) is 4.79 Å².